The predicted molar refractivity (Wildman–Crippen MR) is 84.0 cm³/mol. The summed E-state index contributed by atoms with van der Waals surface area (Å²) in [6.45, 7) is 1.17. The van der Waals surface area contributed by atoms with Gasteiger partial charge in [-0.2, -0.15) is 0 Å². The third-order valence-corrected chi connectivity index (χ3v) is 4.10. The highest BCUT2D eigenvalue weighted by Gasteiger charge is 2.27. The van der Waals surface area contributed by atoms with E-state index < -0.39 is 4.92 Å². The largest absolute Gasteiger partial charge is 0.502 e. The zero-order valence-corrected chi connectivity index (χ0v) is 12.0. The minimum atomic E-state index is -0.579. The topological polar surface area (TPSA) is 92.6 Å². The molecule has 3 N–H and O–H groups in total. The molecule has 114 valence electrons. The van der Waals surface area contributed by atoms with Crippen LogP contribution >= 0.6 is 0 Å². The zero-order valence-electron chi connectivity index (χ0n) is 12.0. The maximum Gasteiger partial charge on any atom is 0.311 e. The molecule has 0 amide bonds. The number of nitrogens with zero attached hydrogens (tertiary/aromatic N) is 2. The highest BCUT2D eigenvalue weighted by molar-refractivity contribution is 5.60. The van der Waals surface area contributed by atoms with Crippen LogP contribution in [-0.2, 0) is 6.42 Å². The van der Waals surface area contributed by atoms with Crippen molar-refractivity contribution in [2.75, 3.05) is 18.0 Å². The van der Waals surface area contributed by atoms with E-state index in [1.54, 1.807) is 6.07 Å². The molecule has 0 fully saturated rings. The molecule has 3 rings (SSSR count). The average Bonchev–Trinajstić information content (AvgIpc) is 2.93. The van der Waals surface area contributed by atoms with E-state index in [1.165, 1.54) is 17.7 Å². The fraction of sp³-hybridized carbons (Fsp3) is 0.250. The second-order valence-electron chi connectivity index (χ2n) is 5.33. The molecular weight excluding hydrogens is 282 g/mol. The molecular formula is C16H17N3O3. The van der Waals surface area contributed by atoms with Crippen molar-refractivity contribution in [3.05, 3.63) is 63.7 Å². The molecule has 1 heterocycles. The van der Waals surface area contributed by atoms with E-state index in [2.05, 4.69) is 11.0 Å². The highest BCUT2D eigenvalue weighted by atomic mass is 16.6. The molecule has 2 aromatic rings. The van der Waals surface area contributed by atoms with E-state index >= 15 is 0 Å². The molecule has 1 aliphatic rings. The molecule has 0 spiro atoms. The first-order valence-electron chi connectivity index (χ1n) is 7.13. The van der Waals surface area contributed by atoms with Gasteiger partial charge in [0.2, 0.25) is 0 Å². The van der Waals surface area contributed by atoms with Crippen molar-refractivity contribution in [1.29, 1.82) is 0 Å². The van der Waals surface area contributed by atoms with Crippen molar-refractivity contribution >= 4 is 11.4 Å². The van der Waals surface area contributed by atoms with Gasteiger partial charge >= 0.3 is 5.69 Å². The van der Waals surface area contributed by atoms with E-state index in [0.29, 0.717) is 6.54 Å². The number of benzene rings is 2. The monoisotopic (exact) mass is 299 g/mol. The fourth-order valence-electron chi connectivity index (χ4n) is 3.02. The molecule has 0 saturated heterocycles. The van der Waals surface area contributed by atoms with Crippen LogP contribution in [0.25, 0.3) is 0 Å². The van der Waals surface area contributed by atoms with Crippen LogP contribution in [0, 0.1) is 10.1 Å². The number of phenolic OH excluding ortho intramolecular Hbond substituents is 1. The summed E-state index contributed by atoms with van der Waals surface area (Å²) in [6, 6.07) is 12.4. The van der Waals surface area contributed by atoms with E-state index in [1.807, 2.05) is 18.2 Å². The molecule has 0 radical (unpaired) electrons. The van der Waals surface area contributed by atoms with E-state index in [0.717, 1.165) is 24.2 Å². The molecule has 0 aliphatic carbocycles. The van der Waals surface area contributed by atoms with Crippen molar-refractivity contribution < 1.29 is 10.0 Å². The van der Waals surface area contributed by atoms with Gasteiger partial charge in [0, 0.05) is 24.8 Å². The fourth-order valence-corrected chi connectivity index (χ4v) is 3.02. The SMILES string of the molecule is NCC(c1ccc(O)c([N+](=O)[O-])c1)N1CCc2ccccc21. The first-order chi connectivity index (χ1) is 10.6. The quantitative estimate of drug-likeness (QED) is 0.668. The molecule has 0 saturated carbocycles. The van der Waals surface area contributed by atoms with Gasteiger partial charge in [0.25, 0.3) is 0 Å². The first-order valence-corrected chi connectivity index (χ1v) is 7.13. The molecule has 6 heteroatoms. The van der Waals surface area contributed by atoms with Crippen LogP contribution in [0.2, 0.25) is 0 Å². The second-order valence-corrected chi connectivity index (χ2v) is 5.33. The summed E-state index contributed by atoms with van der Waals surface area (Å²) in [4.78, 5) is 12.6. The van der Waals surface area contributed by atoms with Crippen LogP contribution in [0.15, 0.2) is 42.5 Å². The number of nitro groups is 1. The lowest BCUT2D eigenvalue weighted by atomic mass is 10.0. The maximum atomic E-state index is 11.0. The van der Waals surface area contributed by atoms with Gasteiger partial charge in [0.15, 0.2) is 5.75 Å². The number of anilines is 1. The maximum absolute atomic E-state index is 11.0. The van der Waals surface area contributed by atoms with Crippen molar-refractivity contribution in [2.45, 2.75) is 12.5 Å². The van der Waals surface area contributed by atoms with Crippen LogP contribution < -0.4 is 10.6 Å². The van der Waals surface area contributed by atoms with Crippen LogP contribution in [0.5, 0.6) is 5.75 Å². The molecule has 0 bridgehead atoms. The first kappa shape index (κ1) is 14.3. The van der Waals surface area contributed by atoms with Gasteiger partial charge in [0.1, 0.15) is 0 Å². The van der Waals surface area contributed by atoms with Crippen LogP contribution in [-0.4, -0.2) is 23.1 Å². The van der Waals surface area contributed by atoms with Gasteiger partial charge in [-0.3, -0.25) is 10.1 Å². The second kappa shape index (κ2) is 5.65. The Hall–Kier alpha value is -2.60. The van der Waals surface area contributed by atoms with Gasteiger partial charge in [-0.15, -0.1) is 0 Å². The van der Waals surface area contributed by atoms with Gasteiger partial charge in [0.05, 0.1) is 11.0 Å². The number of phenols is 1. The Balaban J connectivity index is 1.99. The Morgan fingerprint density at radius 2 is 2.09 bits per heavy atom. The standard InChI is InChI=1S/C16H17N3O3/c17-10-15(12-5-6-16(20)14(9-12)19(21)22)18-8-7-11-3-1-2-4-13(11)18/h1-6,9,15,20H,7-8,10,17H2. The van der Waals surface area contributed by atoms with Gasteiger partial charge < -0.3 is 15.7 Å². The lowest BCUT2D eigenvalue weighted by molar-refractivity contribution is -0.385. The Bertz CT molecular complexity index is 718. The summed E-state index contributed by atoms with van der Waals surface area (Å²) in [6.07, 6.45) is 0.937. The number of hydrogen-bond donors (Lipinski definition) is 2. The number of nitro benzene ring substituents is 1. The summed E-state index contributed by atoms with van der Waals surface area (Å²) in [5.74, 6) is -0.327. The molecule has 2 aromatic carbocycles. The lowest BCUT2D eigenvalue weighted by Gasteiger charge is -2.29. The van der Waals surface area contributed by atoms with Gasteiger partial charge in [-0.05, 0) is 29.7 Å². The summed E-state index contributed by atoms with van der Waals surface area (Å²) in [5, 5.41) is 20.6. The minimum Gasteiger partial charge on any atom is -0.502 e. The Kier molecular flexibility index (Phi) is 3.68. The third-order valence-electron chi connectivity index (χ3n) is 4.10. The zero-order chi connectivity index (χ0) is 15.7. The highest BCUT2D eigenvalue weighted by Crippen LogP contribution is 2.37. The average molecular weight is 299 g/mol. The summed E-state index contributed by atoms with van der Waals surface area (Å²) in [5.41, 5.74) is 8.76. The van der Waals surface area contributed by atoms with Crippen LogP contribution in [0.4, 0.5) is 11.4 Å². The lowest BCUT2D eigenvalue weighted by Crippen LogP contribution is -2.32. The normalized spacial score (nSPS) is 14.7. The Labute approximate surface area is 127 Å². The number of para-hydroxylation sites is 1. The smallest absolute Gasteiger partial charge is 0.311 e. The number of aromatic hydroxyl groups is 1. The number of rotatable bonds is 4. The Morgan fingerprint density at radius 1 is 1.32 bits per heavy atom. The summed E-state index contributed by atoms with van der Waals surface area (Å²) < 4.78 is 0. The van der Waals surface area contributed by atoms with Crippen LogP contribution in [0.1, 0.15) is 17.2 Å². The van der Waals surface area contributed by atoms with Crippen molar-refractivity contribution in [1.82, 2.24) is 0 Å². The molecule has 22 heavy (non-hydrogen) atoms. The van der Waals surface area contributed by atoms with Gasteiger partial charge in [-0.25, -0.2) is 0 Å². The van der Waals surface area contributed by atoms with E-state index in [-0.39, 0.29) is 17.5 Å². The molecule has 0 aromatic heterocycles. The molecule has 6 nitrogen and oxygen atoms in total. The van der Waals surface area contributed by atoms with Crippen molar-refractivity contribution in [3.63, 3.8) is 0 Å². The third kappa shape index (κ3) is 2.37. The molecule has 1 unspecified atom stereocenters. The molecule has 1 atom stereocenters. The summed E-state index contributed by atoms with van der Waals surface area (Å²) >= 11 is 0. The number of fused-ring (bicyclic) bond motifs is 1. The predicted octanol–water partition coefficient (Wildman–Crippen LogP) is 2.36. The minimum absolute atomic E-state index is 0.150. The van der Waals surface area contributed by atoms with E-state index in [4.69, 9.17) is 5.73 Å². The Morgan fingerprint density at radius 3 is 2.82 bits per heavy atom. The summed E-state index contributed by atoms with van der Waals surface area (Å²) in [7, 11) is 0. The molecule has 1 aliphatic heterocycles. The van der Waals surface area contributed by atoms with Gasteiger partial charge in [-0.1, -0.05) is 24.3 Å². The van der Waals surface area contributed by atoms with E-state index in [9.17, 15) is 15.2 Å². The van der Waals surface area contributed by atoms with Crippen LogP contribution in [0.3, 0.4) is 0 Å². The van der Waals surface area contributed by atoms with Crippen molar-refractivity contribution in [2.24, 2.45) is 5.73 Å². The number of hydrogen-bond acceptors (Lipinski definition) is 5. The number of nitrogens with two attached hydrogens (primary N) is 1. The van der Waals surface area contributed by atoms with Crippen molar-refractivity contribution in [3.8, 4) is 5.75 Å².